The van der Waals surface area contributed by atoms with E-state index in [4.69, 9.17) is 23.2 Å². The van der Waals surface area contributed by atoms with Crippen LogP contribution in [0.3, 0.4) is 0 Å². The third-order valence-corrected chi connectivity index (χ3v) is 4.62. The summed E-state index contributed by atoms with van der Waals surface area (Å²) in [5.74, 6) is 0.289. The highest BCUT2D eigenvalue weighted by Crippen LogP contribution is 2.27. The lowest BCUT2D eigenvalue weighted by Gasteiger charge is -2.33. The molecule has 0 aliphatic carbocycles. The van der Waals surface area contributed by atoms with E-state index in [1.807, 2.05) is 0 Å². The third kappa shape index (κ3) is 4.23. The van der Waals surface area contributed by atoms with Gasteiger partial charge in [0.1, 0.15) is 11.5 Å². The third-order valence-electron chi connectivity index (χ3n) is 4.08. The molecule has 1 saturated heterocycles. The summed E-state index contributed by atoms with van der Waals surface area (Å²) < 4.78 is 0. The Balaban J connectivity index is 1.64. The predicted molar refractivity (Wildman–Crippen MR) is 99.9 cm³/mol. The van der Waals surface area contributed by atoms with Crippen LogP contribution in [0, 0.1) is 0 Å². The van der Waals surface area contributed by atoms with Gasteiger partial charge in [0, 0.05) is 38.1 Å². The summed E-state index contributed by atoms with van der Waals surface area (Å²) in [6.45, 7) is 3.56. The zero-order chi connectivity index (χ0) is 18.7. The molecule has 1 aromatic carbocycles. The van der Waals surface area contributed by atoms with Gasteiger partial charge < -0.3 is 15.1 Å². The first-order valence-electron chi connectivity index (χ1n) is 8.03. The van der Waals surface area contributed by atoms with Crippen molar-refractivity contribution < 1.29 is 9.59 Å². The van der Waals surface area contributed by atoms with Crippen LogP contribution in [0.15, 0.2) is 30.6 Å². The zero-order valence-corrected chi connectivity index (χ0v) is 15.6. The lowest BCUT2D eigenvalue weighted by molar-refractivity contribution is -0.130. The SMILES string of the molecule is CC(=O)N1CCN(C(=O)c2cnc(Nc3ccc(Cl)cc3Cl)cn2)CC1. The Labute approximate surface area is 160 Å². The number of amides is 2. The first-order valence-corrected chi connectivity index (χ1v) is 8.78. The van der Waals surface area contributed by atoms with Crippen molar-refractivity contribution in [3.63, 3.8) is 0 Å². The van der Waals surface area contributed by atoms with Crippen molar-refractivity contribution in [2.24, 2.45) is 0 Å². The molecule has 1 N–H and O–H groups in total. The molecule has 136 valence electrons. The molecule has 1 aromatic heterocycles. The van der Waals surface area contributed by atoms with Crippen molar-refractivity contribution in [1.82, 2.24) is 19.8 Å². The summed E-state index contributed by atoms with van der Waals surface area (Å²) in [4.78, 5) is 35.7. The molecule has 0 spiro atoms. The van der Waals surface area contributed by atoms with Gasteiger partial charge in [0.15, 0.2) is 0 Å². The quantitative estimate of drug-likeness (QED) is 0.866. The lowest BCUT2D eigenvalue weighted by atomic mass is 10.2. The minimum absolute atomic E-state index is 0.0215. The Morgan fingerprint density at radius 2 is 1.73 bits per heavy atom. The Morgan fingerprint density at radius 3 is 2.31 bits per heavy atom. The molecule has 2 aromatic rings. The van der Waals surface area contributed by atoms with Crippen LogP contribution in [-0.2, 0) is 4.79 Å². The van der Waals surface area contributed by atoms with Gasteiger partial charge in [0.2, 0.25) is 5.91 Å². The van der Waals surface area contributed by atoms with Gasteiger partial charge >= 0.3 is 0 Å². The van der Waals surface area contributed by atoms with Crippen LogP contribution >= 0.6 is 23.2 Å². The number of hydrogen-bond donors (Lipinski definition) is 1. The smallest absolute Gasteiger partial charge is 0.274 e. The highest BCUT2D eigenvalue weighted by molar-refractivity contribution is 6.36. The molecular formula is C17H17Cl2N5O2. The molecule has 7 nitrogen and oxygen atoms in total. The van der Waals surface area contributed by atoms with Crippen LogP contribution < -0.4 is 5.32 Å². The van der Waals surface area contributed by atoms with Crippen LogP contribution in [0.2, 0.25) is 10.0 Å². The van der Waals surface area contributed by atoms with Crippen LogP contribution in [0.5, 0.6) is 0 Å². The fraction of sp³-hybridized carbons (Fsp3) is 0.294. The van der Waals surface area contributed by atoms with E-state index in [-0.39, 0.29) is 17.5 Å². The molecule has 0 bridgehead atoms. The number of nitrogens with one attached hydrogen (secondary N) is 1. The van der Waals surface area contributed by atoms with Gasteiger partial charge in [-0.1, -0.05) is 23.2 Å². The Morgan fingerprint density at radius 1 is 1.04 bits per heavy atom. The normalized spacial score (nSPS) is 14.3. The van der Waals surface area contributed by atoms with Gasteiger partial charge in [-0.3, -0.25) is 9.59 Å². The maximum absolute atomic E-state index is 12.5. The van der Waals surface area contributed by atoms with E-state index in [1.165, 1.54) is 19.3 Å². The maximum Gasteiger partial charge on any atom is 0.274 e. The van der Waals surface area contributed by atoms with Crippen molar-refractivity contribution in [3.8, 4) is 0 Å². The monoisotopic (exact) mass is 393 g/mol. The number of nitrogens with zero attached hydrogens (tertiary/aromatic N) is 4. The second kappa shape index (κ2) is 7.88. The molecule has 3 rings (SSSR count). The molecule has 2 heterocycles. The van der Waals surface area contributed by atoms with Gasteiger partial charge in [-0.2, -0.15) is 0 Å². The molecule has 1 aliphatic rings. The molecule has 0 saturated carbocycles. The number of rotatable bonds is 3. The van der Waals surface area contributed by atoms with Crippen molar-refractivity contribution in [2.45, 2.75) is 6.92 Å². The number of piperazine rings is 1. The van der Waals surface area contributed by atoms with E-state index in [9.17, 15) is 9.59 Å². The number of hydrogen-bond acceptors (Lipinski definition) is 5. The highest BCUT2D eigenvalue weighted by atomic mass is 35.5. The first-order chi connectivity index (χ1) is 12.4. The van der Waals surface area contributed by atoms with Crippen molar-refractivity contribution in [1.29, 1.82) is 0 Å². The molecule has 0 atom stereocenters. The molecule has 9 heteroatoms. The van der Waals surface area contributed by atoms with E-state index in [1.54, 1.807) is 28.0 Å². The van der Waals surface area contributed by atoms with Crippen LogP contribution in [0.1, 0.15) is 17.4 Å². The second-order valence-corrected chi connectivity index (χ2v) is 6.68. The number of carbonyl (C=O) groups excluding carboxylic acids is 2. The highest BCUT2D eigenvalue weighted by Gasteiger charge is 2.24. The molecular weight excluding hydrogens is 377 g/mol. The standard InChI is InChI=1S/C17H17Cl2N5O2/c1-11(25)23-4-6-24(7-5-23)17(26)15-9-21-16(10-20-15)22-14-3-2-12(18)8-13(14)19/h2-3,8-10H,4-7H2,1H3,(H,21,22). The number of anilines is 2. The van der Waals surface area contributed by atoms with E-state index >= 15 is 0 Å². The van der Waals surface area contributed by atoms with Crippen molar-refractivity contribution >= 4 is 46.5 Å². The summed E-state index contributed by atoms with van der Waals surface area (Å²) in [5.41, 5.74) is 0.902. The second-order valence-electron chi connectivity index (χ2n) is 5.83. The fourth-order valence-corrected chi connectivity index (χ4v) is 3.07. The van der Waals surface area contributed by atoms with Gasteiger partial charge in [-0.15, -0.1) is 0 Å². The van der Waals surface area contributed by atoms with Gasteiger partial charge in [-0.05, 0) is 18.2 Å². The molecule has 0 unspecified atom stereocenters. The largest absolute Gasteiger partial charge is 0.339 e. The van der Waals surface area contributed by atoms with Crippen LogP contribution in [-0.4, -0.2) is 57.8 Å². The maximum atomic E-state index is 12.5. The molecule has 1 fully saturated rings. The average molecular weight is 394 g/mol. The van der Waals surface area contributed by atoms with Crippen LogP contribution in [0.25, 0.3) is 0 Å². The number of halogens is 2. The Kier molecular flexibility index (Phi) is 5.58. The van der Waals surface area contributed by atoms with Gasteiger partial charge in [-0.25, -0.2) is 9.97 Å². The summed E-state index contributed by atoms with van der Waals surface area (Å²) in [6, 6.07) is 5.07. The van der Waals surface area contributed by atoms with Crippen molar-refractivity contribution in [3.05, 3.63) is 46.3 Å². The molecule has 2 amide bonds. The number of aromatic nitrogens is 2. The summed E-state index contributed by atoms with van der Waals surface area (Å²) in [5, 5.41) is 4.03. The Bertz CT molecular complexity index is 820. The summed E-state index contributed by atoms with van der Waals surface area (Å²) in [6.07, 6.45) is 2.90. The van der Waals surface area contributed by atoms with Gasteiger partial charge in [0.05, 0.1) is 23.1 Å². The zero-order valence-electron chi connectivity index (χ0n) is 14.1. The Hall–Kier alpha value is -2.38. The van der Waals surface area contributed by atoms with E-state index < -0.39 is 0 Å². The minimum atomic E-state index is -0.197. The minimum Gasteiger partial charge on any atom is -0.339 e. The average Bonchev–Trinajstić information content (AvgIpc) is 2.64. The molecule has 1 aliphatic heterocycles. The predicted octanol–water partition coefficient (Wildman–Crippen LogP) is 2.83. The summed E-state index contributed by atoms with van der Waals surface area (Å²) >= 11 is 12.0. The molecule has 26 heavy (non-hydrogen) atoms. The van der Waals surface area contributed by atoms with Gasteiger partial charge in [0.25, 0.3) is 5.91 Å². The lowest BCUT2D eigenvalue weighted by Crippen LogP contribution is -2.50. The number of benzene rings is 1. The van der Waals surface area contributed by atoms with E-state index in [2.05, 4.69) is 15.3 Å². The van der Waals surface area contributed by atoms with Crippen LogP contribution in [0.4, 0.5) is 11.5 Å². The summed E-state index contributed by atoms with van der Waals surface area (Å²) in [7, 11) is 0. The number of carbonyl (C=O) groups is 2. The fourth-order valence-electron chi connectivity index (χ4n) is 2.62. The van der Waals surface area contributed by atoms with E-state index in [0.29, 0.717) is 47.7 Å². The van der Waals surface area contributed by atoms with E-state index in [0.717, 1.165) is 0 Å². The molecule has 0 radical (unpaired) electrons. The first kappa shape index (κ1) is 18.4. The topological polar surface area (TPSA) is 78.4 Å². The van der Waals surface area contributed by atoms with Crippen molar-refractivity contribution in [2.75, 3.05) is 31.5 Å².